The molecule has 1 amide bonds. The van der Waals surface area contributed by atoms with Crippen LogP contribution >= 0.6 is 11.3 Å². The number of aromatic nitrogens is 1. The Hall–Kier alpha value is -1.31. The van der Waals surface area contributed by atoms with Gasteiger partial charge in [-0.05, 0) is 31.6 Å². The summed E-state index contributed by atoms with van der Waals surface area (Å²) in [4.78, 5) is 19.7. The van der Waals surface area contributed by atoms with Crippen LogP contribution in [0.1, 0.15) is 37.5 Å². The number of nitrogens with zero attached hydrogens (tertiary/aromatic N) is 3. The average Bonchev–Trinajstić information content (AvgIpc) is 3.04. The van der Waals surface area contributed by atoms with Crippen molar-refractivity contribution < 1.29 is 18.0 Å². The van der Waals surface area contributed by atoms with E-state index in [1.54, 1.807) is 0 Å². The van der Waals surface area contributed by atoms with E-state index in [1.165, 1.54) is 6.42 Å². The van der Waals surface area contributed by atoms with Crippen molar-refractivity contribution in [3.05, 3.63) is 11.1 Å². The Morgan fingerprint density at radius 2 is 1.96 bits per heavy atom. The lowest BCUT2D eigenvalue weighted by Gasteiger charge is -2.37. The second kappa shape index (κ2) is 6.90. The maximum absolute atomic E-state index is 12.7. The molecule has 1 aromatic rings. The molecule has 134 valence electrons. The van der Waals surface area contributed by atoms with Crippen LogP contribution in [0.25, 0.3) is 0 Å². The first kappa shape index (κ1) is 17.5. The molecule has 0 aliphatic carbocycles. The number of hydrogen-bond acceptors (Lipinski definition) is 4. The van der Waals surface area contributed by atoms with Crippen LogP contribution in [0.3, 0.4) is 0 Å². The molecule has 0 bridgehead atoms. The first-order chi connectivity index (χ1) is 11.3. The van der Waals surface area contributed by atoms with Crippen LogP contribution in [0.5, 0.6) is 0 Å². The van der Waals surface area contributed by atoms with Crippen LogP contribution in [0, 0.1) is 11.8 Å². The average molecular weight is 361 g/mol. The highest BCUT2D eigenvalue weighted by Gasteiger charge is 2.35. The second-order valence-corrected chi connectivity index (χ2v) is 7.81. The normalized spacial score (nSPS) is 23.6. The monoisotopic (exact) mass is 361 g/mol. The molecule has 2 aliphatic heterocycles. The summed E-state index contributed by atoms with van der Waals surface area (Å²) in [5.74, 6) is 0.767. The van der Waals surface area contributed by atoms with E-state index in [0.29, 0.717) is 48.3 Å². The Morgan fingerprint density at radius 3 is 2.54 bits per heavy atom. The zero-order chi connectivity index (χ0) is 17.3. The van der Waals surface area contributed by atoms with Gasteiger partial charge in [-0.25, -0.2) is 4.98 Å². The number of alkyl halides is 3. The van der Waals surface area contributed by atoms with Gasteiger partial charge in [-0.3, -0.25) is 4.79 Å². The highest BCUT2D eigenvalue weighted by atomic mass is 32.1. The number of carbonyl (C=O) groups is 1. The molecule has 24 heavy (non-hydrogen) atoms. The lowest BCUT2D eigenvalue weighted by atomic mass is 9.93. The van der Waals surface area contributed by atoms with Gasteiger partial charge in [-0.15, -0.1) is 0 Å². The quantitative estimate of drug-likeness (QED) is 0.807. The van der Waals surface area contributed by atoms with Crippen LogP contribution in [-0.2, 0) is 11.0 Å². The van der Waals surface area contributed by atoms with E-state index < -0.39 is 11.1 Å². The number of amides is 1. The number of hydrogen-bond donors (Lipinski definition) is 0. The molecule has 0 radical (unpaired) electrons. The molecule has 2 fully saturated rings. The van der Waals surface area contributed by atoms with E-state index in [-0.39, 0.29) is 11.8 Å². The van der Waals surface area contributed by atoms with E-state index in [4.69, 9.17) is 0 Å². The molecule has 1 atom stereocenters. The fraction of sp³-hybridized carbons (Fsp3) is 0.750. The molecule has 1 aromatic heterocycles. The van der Waals surface area contributed by atoms with Crippen LogP contribution in [0.4, 0.5) is 18.3 Å². The number of carbonyl (C=O) groups excluding carboxylic acids is 1. The standard InChI is InChI=1S/C16H22F3N3OS/c1-11-3-2-6-22(10-11)14(23)12-4-7-21(8-5-12)15-20-9-13(24-15)16(17,18)19/h9,11-12H,2-8,10H2,1H3. The zero-order valence-electron chi connectivity index (χ0n) is 13.7. The molecule has 0 spiro atoms. The van der Waals surface area contributed by atoms with Crippen molar-refractivity contribution in [3.8, 4) is 0 Å². The molecule has 3 heterocycles. The maximum Gasteiger partial charge on any atom is 0.427 e. The minimum atomic E-state index is -4.34. The molecule has 2 saturated heterocycles. The minimum Gasteiger partial charge on any atom is -0.348 e. The maximum atomic E-state index is 12.7. The number of anilines is 1. The summed E-state index contributed by atoms with van der Waals surface area (Å²) in [5, 5.41) is 0.403. The van der Waals surface area contributed by atoms with Crippen molar-refractivity contribution in [2.45, 2.75) is 38.8 Å². The van der Waals surface area contributed by atoms with Crippen molar-refractivity contribution in [1.82, 2.24) is 9.88 Å². The molecule has 3 rings (SSSR count). The third-order valence-electron chi connectivity index (χ3n) is 4.86. The summed E-state index contributed by atoms with van der Waals surface area (Å²) in [6, 6.07) is 0. The first-order valence-corrected chi connectivity index (χ1v) is 9.23. The summed E-state index contributed by atoms with van der Waals surface area (Å²) in [7, 11) is 0. The van der Waals surface area contributed by atoms with E-state index >= 15 is 0 Å². The molecule has 2 aliphatic rings. The smallest absolute Gasteiger partial charge is 0.348 e. The first-order valence-electron chi connectivity index (χ1n) is 8.41. The zero-order valence-corrected chi connectivity index (χ0v) is 14.5. The summed E-state index contributed by atoms with van der Waals surface area (Å²) in [5.41, 5.74) is 0. The van der Waals surface area contributed by atoms with Crippen molar-refractivity contribution in [2.24, 2.45) is 11.8 Å². The number of piperidine rings is 2. The van der Waals surface area contributed by atoms with E-state index in [9.17, 15) is 18.0 Å². The summed E-state index contributed by atoms with van der Waals surface area (Å²) in [6.45, 7) is 5.02. The van der Waals surface area contributed by atoms with Gasteiger partial charge in [0.1, 0.15) is 4.88 Å². The second-order valence-electron chi connectivity index (χ2n) is 6.80. The predicted molar refractivity (Wildman–Crippen MR) is 87.0 cm³/mol. The highest BCUT2D eigenvalue weighted by Crippen LogP contribution is 2.37. The van der Waals surface area contributed by atoms with Gasteiger partial charge in [0.05, 0.1) is 6.20 Å². The number of thiazole rings is 1. The molecule has 0 N–H and O–H groups in total. The molecule has 4 nitrogen and oxygen atoms in total. The van der Waals surface area contributed by atoms with Crippen molar-refractivity contribution >= 4 is 22.4 Å². The van der Waals surface area contributed by atoms with E-state index in [0.717, 1.165) is 25.7 Å². The summed E-state index contributed by atoms with van der Waals surface area (Å²) in [6.07, 6.45) is 0.162. The van der Waals surface area contributed by atoms with E-state index in [1.807, 2.05) is 9.80 Å². The van der Waals surface area contributed by atoms with Crippen molar-refractivity contribution in [1.29, 1.82) is 0 Å². The summed E-state index contributed by atoms with van der Waals surface area (Å²) >= 11 is 0.679. The highest BCUT2D eigenvalue weighted by molar-refractivity contribution is 7.15. The third kappa shape index (κ3) is 3.84. The van der Waals surface area contributed by atoms with Gasteiger partial charge >= 0.3 is 6.18 Å². The SMILES string of the molecule is CC1CCCN(C(=O)C2CCN(c3ncc(C(F)(F)F)s3)CC2)C1. The lowest BCUT2D eigenvalue weighted by Crippen LogP contribution is -2.46. The van der Waals surface area contributed by atoms with Gasteiger partial charge in [0, 0.05) is 32.1 Å². The van der Waals surface area contributed by atoms with Gasteiger partial charge in [-0.2, -0.15) is 13.2 Å². The molecule has 8 heteroatoms. The number of rotatable bonds is 2. The largest absolute Gasteiger partial charge is 0.427 e. The molecular weight excluding hydrogens is 339 g/mol. The van der Waals surface area contributed by atoms with Crippen LogP contribution in [0.2, 0.25) is 0 Å². The van der Waals surface area contributed by atoms with E-state index in [2.05, 4.69) is 11.9 Å². The van der Waals surface area contributed by atoms with Gasteiger partial charge in [0.25, 0.3) is 0 Å². The van der Waals surface area contributed by atoms with Crippen LogP contribution in [0.15, 0.2) is 6.20 Å². The van der Waals surface area contributed by atoms with Gasteiger partial charge in [0.15, 0.2) is 5.13 Å². The Morgan fingerprint density at radius 1 is 1.25 bits per heavy atom. The number of halogens is 3. The molecule has 0 aromatic carbocycles. The summed E-state index contributed by atoms with van der Waals surface area (Å²) < 4.78 is 38.0. The number of likely N-dealkylation sites (tertiary alicyclic amines) is 1. The predicted octanol–water partition coefficient (Wildman–Crippen LogP) is 3.64. The Labute approximate surface area is 143 Å². The Balaban J connectivity index is 1.55. The van der Waals surface area contributed by atoms with Crippen molar-refractivity contribution in [2.75, 3.05) is 31.1 Å². The Bertz CT molecular complexity index is 581. The Kier molecular flexibility index (Phi) is 5.03. The van der Waals surface area contributed by atoms with Crippen LogP contribution in [-0.4, -0.2) is 42.0 Å². The van der Waals surface area contributed by atoms with Crippen LogP contribution < -0.4 is 4.90 Å². The topological polar surface area (TPSA) is 36.4 Å². The fourth-order valence-corrected chi connectivity index (χ4v) is 4.34. The minimum absolute atomic E-state index is 0.00593. The van der Waals surface area contributed by atoms with Gasteiger partial charge in [-0.1, -0.05) is 18.3 Å². The molecule has 1 unspecified atom stereocenters. The fourth-order valence-electron chi connectivity index (χ4n) is 3.51. The van der Waals surface area contributed by atoms with Gasteiger partial charge < -0.3 is 9.80 Å². The van der Waals surface area contributed by atoms with Gasteiger partial charge in [0.2, 0.25) is 5.91 Å². The third-order valence-corrected chi connectivity index (χ3v) is 5.96. The lowest BCUT2D eigenvalue weighted by molar-refractivity contribution is -0.138. The molecule has 0 saturated carbocycles. The molecular formula is C16H22F3N3OS. The van der Waals surface area contributed by atoms with Crippen molar-refractivity contribution in [3.63, 3.8) is 0 Å².